The highest BCUT2D eigenvalue weighted by Crippen LogP contribution is 2.43. The molecule has 2 aliphatic rings. The van der Waals surface area contributed by atoms with Gasteiger partial charge in [-0.2, -0.15) is 11.8 Å². The molecule has 0 aromatic carbocycles. The summed E-state index contributed by atoms with van der Waals surface area (Å²) in [5.41, 5.74) is 4.10. The van der Waals surface area contributed by atoms with E-state index in [9.17, 15) is 0 Å². The van der Waals surface area contributed by atoms with Crippen LogP contribution in [0.4, 0.5) is 0 Å². The minimum absolute atomic E-state index is 0.0817. The largest absolute Gasteiger partial charge is 0.374 e. The van der Waals surface area contributed by atoms with E-state index < -0.39 is 0 Å². The Labute approximate surface area is 117 Å². The number of thioether (sulfide) groups is 1. The molecule has 3 atom stereocenters. The summed E-state index contributed by atoms with van der Waals surface area (Å²) < 4.78 is 6.07. The van der Waals surface area contributed by atoms with E-state index in [4.69, 9.17) is 10.6 Å². The van der Waals surface area contributed by atoms with Crippen molar-refractivity contribution in [3.63, 3.8) is 0 Å². The van der Waals surface area contributed by atoms with Gasteiger partial charge in [0.25, 0.3) is 0 Å². The second kappa shape index (κ2) is 5.75. The van der Waals surface area contributed by atoms with Crippen LogP contribution >= 0.6 is 11.8 Å². The Hall–Kier alpha value is -0.690. The third-order valence-corrected chi connectivity index (χ3v) is 5.41. The lowest BCUT2D eigenvalue weighted by Crippen LogP contribution is -2.45. The molecule has 3 rings (SSSR count). The highest BCUT2D eigenvalue weighted by molar-refractivity contribution is 7.99. The van der Waals surface area contributed by atoms with E-state index in [1.165, 1.54) is 5.75 Å². The zero-order valence-electron chi connectivity index (χ0n) is 10.9. The van der Waals surface area contributed by atoms with Crippen molar-refractivity contribution in [2.75, 3.05) is 18.1 Å². The van der Waals surface area contributed by atoms with Gasteiger partial charge in [0.2, 0.25) is 0 Å². The van der Waals surface area contributed by atoms with Crippen LogP contribution in [0, 0.1) is 5.92 Å². The van der Waals surface area contributed by atoms with E-state index >= 15 is 0 Å². The van der Waals surface area contributed by atoms with Gasteiger partial charge < -0.3 is 4.74 Å². The summed E-state index contributed by atoms with van der Waals surface area (Å²) in [5.74, 6) is 8.59. The van der Waals surface area contributed by atoms with Gasteiger partial charge >= 0.3 is 0 Å². The summed E-state index contributed by atoms with van der Waals surface area (Å²) >= 11 is 2.00. The first-order valence-electron chi connectivity index (χ1n) is 6.76. The van der Waals surface area contributed by atoms with E-state index in [-0.39, 0.29) is 11.6 Å². The molecule has 2 saturated heterocycles. The lowest BCUT2D eigenvalue weighted by atomic mass is 9.80. The molecule has 0 aliphatic carbocycles. The lowest BCUT2D eigenvalue weighted by molar-refractivity contribution is -0.0854. The molecule has 0 amide bonds. The minimum atomic E-state index is 0.0817. The molecule has 6 heteroatoms. The number of aromatic nitrogens is 2. The van der Waals surface area contributed by atoms with Crippen LogP contribution in [-0.4, -0.2) is 33.7 Å². The van der Waals surface area contributed by atoms with Crippen molar-refractivity contribution in [2.45, 2.75) is 30.9 Å². The van der Waals surface area contributed by atoms with Crippen LogP contribution in [0.3, 0.4) is 0 Å². The summed E-state index contributed by atoms with van der Waals surface area (Å²) in [4.78, 5) is 8.19. The molecule has 3 heterocycles. The number of ether oxygens (including phenoxy) is 1. The SMILES string of the molecule is NNC(c1cncnc1)C1CCOC2(CCSC2)C1. The van der Waals surface area contributed by atoms with E-state index in [2.05, 4.69) is 15.4 Å². The van der Waals surface area contributed by atoms with Gasteiger partial charge in [-0.15, -0.1) is 0 Å². The molecule has 3 unspecified atom stereocenters. The first-order valence-corrected chi connectivity index (χ1v) is 7.91. The van der Waals surface area contributed by atoms with Crippen molar-refractivity contribution in [3.05, 3.63) is 24.3 Å². The fourth-order valence-electron chi connectivity index (χ4n) is 3.19. The Morgan fingerprint density at radius 3 is 3.00 bits per heavy atom. The zero-order chi connectivity index (χ0) is 13.1. The quantitative estimate of drug-likeness (QED) is 0.642. The maximum absolute atomic E-state index is 6.07. The number of nitrogens with two attached hydrogens (primary N) is 1. The number of hydrogen-bond acceptors (Lipinski definition) is 6. The standard InChI is InChI=1S/C13H20N4OS/c14-17-12(11-6-15-9-16-7-11)10-1-3-18-13(5-10)2-4-19-8-13/h6-7,9-10,12,17H,1-5,8,14H2. The van der Waals surface area contributed by atoms with Gasteiger partial charge in [0.05, 0.1) is 11.6 Å². The van der Waals surface area contributed by atoms with Crippen LogP contribution in [0.25, 0.3) is 0 Å². The van der Waals surface area contributed by atoms with Crippen molar-refractivity contribution in [1.82, 2.24) is 15.4 Å². The number of nitrogens with zero attached hydrogens (tertiary/aromatic N) is 2. The van der Waals surface area contributed by atoms with Crippen LogP contribution in [0.1, 0.15) is 30.9 Å². The molecular weight excluding hydrogens is 260 g/mol. The minimum Gasteiger partial charge on any atom is -0.374 e. The third-order valence-electron chi connectivity index (χ3n) is 4.19. The van der Waals surface area contributed by atoms with Crippen LogP contribution in [0.15, 0.2) is 18.7 Å². The first-order chi connectivity index (χ1) is 9.33. The van der Waals surface area contributed by atoms with Gasteiger partial charge in [0.15, 0.2) is 0 Å². The molecule has 1 spiro atoms. The molecule has 5 nitrogen and oxygen atoms in total. The van der Waals surface area contributed by atoms with Gasteiger partial charge in [-0.05, 0) is 30.9 Å². The van der Waals surface area contributed by atoms with Gasteiger partial charge in [-0.3, -0.25) is 11.3 Å². The lowest BCUT2D eigenvalue weighted by Gasteiger charge is -2.40. The highest BCUT2D eigenvalue weighted by atomic mass is 32.2. The molecule has 19 heavy (non-hydrogen) atoms. The first kappa shape index (κ1) is 13.3. The van der Waals surface area contributed by atoms with Crippen LogP contribution in [0.5, 0.6) is 0 Å². The van der Waals surface area contributed by atoms with Crippen molar-refractivity contribution in [2.24, 2.45) is 11.8 Å². The summed E-state index contributed by atoms with van der Waals surface area (Å²) in [6, 6.07) is 0.118. The number of hydrogen-bond donors (Lipinski definition) is 2. The van der Waals surface area contributed by atoms with Gasteiger partial charge in [-0.25, -0.2) is 9.97 Å². The summed E-state index contributed by atoms with van der Waals surface area (Å²) in [6.07, 6.45) is 8.53. The van der Waals surface area contributed by atoms with E-state index in [0.717, 1.165) is 37.2 Å². The molecule has 2 fully saturated rings. The molecule has 0 bridgehead atoms. The third kappa shape index (κ3) is 2.76. The smallest absolute Gasteiger partial charge is 0.115 e. The predicted octanol–water partition coefficient (Wildman–Crippen LogP) is 1.28. The molecule has 2 aliphatic heterocycles. The normalized spacial score (nSPS) is 32.6. The Kier molecular flexibility index (Phi) is 4.02. The van der Waals surface area contributed by atoms with Gasteiger partial charge in [0.1, 0.15) is 6.33 Å². The Bertz CT molecular complexity index is 410. The van der Waals surface area contributed by atoms with Crippen LogP contribution in [-0.2, 0) is 4.74 Å². The van der Waals surface area contributed by atoms with E-state index in [1.54, 1.807) is 6.33 Å². The maximum Gasteiger partial charge on any atom is 0.115 e. The molecule has 1 aromatic rings. The molecule has 104 valence electrons. The number of nitrogens with one attached hydrogen (secondary N) is 1. The molecular formula is C13H20N4OS. The monoisotopic (exact) mass is 280 g/mol. The molecule has 1 aromatic heterocycles. The van der Waals surface area contributed by atoms with Gasteiger partial charge in [0, 0.05) is 30.3 Å². The molecule has 3 N–H and O–H groups in total. The van der Waals surface area contributed by atoms with Crippen LogP contribution in [0.2, 0.25) is 0 Å². The topological polar surface area (TPSA) is 73.1 Å². The van der Waals surface area contributed by atoms with Crippen LogP contribution < -0.4 is 11.3 Å². The highest BCUT2D eigenvalue weighted by Gasteiger charge is 2.42. The fourth-order valence-corrected chi connectivity index (χ4v) is 4.57. The Balaban J connectivity index is 1.76. The summed E-state index contributed by atoms with van der Waals surface area (Å²) in [6.45, 7) is 0.830. The Morgan fingerprint density at radius 2 is 2.32 bits per heavy atom. The maximum atomic E-state index is 6.07. The zero-order valence-corrected chi connectivity index (χ0v) is 11.7. The second-order valence-electron chi connectivity index (χ2n) is 5.40. The summed E-state index contributed by atoms with van der Waals surface area (Å²) in [5, 5.41) is 0. The molecule has 0 saturated carbocycles. The van der Waals surface area contributed by atoms with Gasteiger partial charge in [-0.1, -0.05) is 0 Å². The summed E-state index contributed by atoms with van der Waals surface area (Å²) in [7, 11) is 0. The average molecular weight is 280 g/mol. The average Bonchev–Trinajstić information content (AvgIpc) is 2.89. The van der Waals surface area contributed by atoms with Crippen molar-refractivity contribution in [1.29, 1.82) is 0 Å². The van der Waals surface area contributed by atoms with Crippen molar-refractivity contribution in [3.8, 4) is 0 Å². The van der Waals surface area contributed by atoms with E-state index in [1.807, 2.05) is 24.2 Å². The van der Waals surface area contributed by atoms with Crippen molar-refractivity contribution < 1.29 is 4.74 Å². The number of rotatable bonds is 3. The fraction of sp³-hybridized carbons (Fsp3) is 0.692. The predicted molar refractivity (Wildman–Crippen MR) is 75.4 cm³/mol. The second-order valence-corrected chi connectivity index (χ2v) is 6.51. The Morgan fingerprint density at radius 1 is 1.47 bits per heavy atom. The van der Waals surface area contributed by atoms with E-state index in [0.29, 0.717) is 5.92 Å². The van der Waals surface area contributed by atoms with Crippen molar-refractivity contribution >= 4 is 11.8 Å². The number of hydrazine groups is 1. The molecule has 0 radical (unpaired) electrons.